The minimum absolute atomic E-state index is 0.153. The monoisotopic (exact) mass is 519 g/mol. The highest BCUT2D eigenvalue weighted by Crippen LogP contribution is 2.41. The van der Waals surface area contributed by atoms with E-state index in [0.717, 1.165) is 40.7 Å². The van der Waals surface area contributed by atoms with Crippen LogP contribution in [0.2, 0.25) is 0 Å². The van der Waals surface area contributed by atoms with Crippen molar-refractivity contribution in [1.29, 1.82) is 0 Å². The van der Waals surface area contributed by atoms with Gasteiger partial charge in [0.05, 0.1) is 0 Å². The van der Waals surface area contributed by atoms with Crippen molar-refractivity contribution in [3.05, 3.63) is 52.6 Å². The maximum Gasteiger partial charge on any atom is 0.411 e. The molecule has 38 heavy (non-hydrogen) atoms. The van der Waals surface area contributed by atoms with Crippen LogP contribution in [0.3, 0.4) is 0 Å². The van der Waals surface area contributed by atoms with E-state index in [-0.39, 0.29) is 24.2 Å². The summed E-state index contributed by atoms with van der Waals surface area (Å²) in [4.78, 5) is 52.2. The molecule has 1 fully saturated rings. The molecule has 0 aromatic heterocycles. The van der Waals surface area contributed by atoms with Gasteiger partial charge in [-0.25, -0.2) is 9.59 Å². The number of hydrogen-bond acceptors (Lipinski definition) is 7. The van der Waals surface area contributed by atoms with E-state index in [2.05, 4.69) is 0 Å². The zero-order valence-electron chi connectivity index (χ0n) is 22.3. The van der Waals surface area contributed by atoms with Crippen LogP contribution in [-0.4, -0.2) is 52.8 Å². The number of hydrogen-bond donors (Lipinski definition) is 0. The van der Waals surface area contributed by atoms with E-state index < -0.39 is 30.3 Å². The zero-order chi connectivity index (χ0) is 27.2. The molecule has 0 saturated carbocycles. The summed E-state index contributed by atoms with van der Waals surface area (Å²) in [5.74, 6) is -0.110. The van der Waals surface area contributed by atoms with E-state index in [4.69, 9.17) is 14.2 Å². The van der Waals surface area contributed by atoms with E-state index in [1.165, 1.54) is 4.90 Å². The Labute approximate surface area is 222 Å². The third kappa shape index (κ3) is 5.04. The number of nitrogens with zero attached hydrogens (tertiary/aromatic N) is 1. The highest BCUT2D eigenvalue weighted by atomic mass is 16.6. The van der Waals surface area contributed by atoms with Crippen molar-refractivity contribution in [2.75, 3.05) is 6.61 Å². The second-order valence-electron chi connectivity index (χ2n) is 11.3. The van der Waals surface area contributed by atoms with Gasteiger partial charge >= 0.3 is 12.1 Å². The number of rotatable bonds is 4. The van der Waals surface area contributed by atoms with Crippen LogP contribution in [0.4, 0.5) is 4.79 Å². The molecule has 2 aromatic rings. The van der Waals surface area contributed by atoms with Crippen molar-refractivity contribution >= 4 is 23.6 Å². The van der Waals surface area contributed by atoms with Gasteiger partial charge in [-0.15, -0.1) is 0 Å². The molecule has 1 saturated heterocycles. The second kappa shape index (κ2) is 9.89. The lowest BCUT2D eigenvalue weighted by atomic mass is 9.86. The van der Waals surface area contributed by atoms with E-state index in [1.54, 1.807) is 32.9 Å². The highest BCUT2D eigenvalue weighted by molar-refractivity contribution is 6.01. The quantitative estimate of drug-likeness (QED) is 0.400. The van der Waals surface area contributed by atoms with Gasteiger partial charge in [-0.1, -0.05) is 12.1 Å². The summed E-state index contributed by atoms with van der Waals surface area (Å²) in [7, 11) is 0. The van der Waals surface area contributed by atoms with E-state index >= 15 is 0 Å². The molecular weight excluding hydrogens is 486 g/mol. The van der Waals surface area contributed by atoms with Gasteiger partial charge in [0.2, 0.25) is 0 Å². The van der Waals surface area contributed by atoms with Crippen molar-refractivity contribution in [2.45, 2.75) is 84.1 Å². The van der Waals surface area contributed by atoms with Crippen molar-refractivity contribution in [2.24, 2.45) is 0 Å². The number of ether oxygens (including phenoxy) is 3. The first kappa shape index (κ1) is 25.9. The Morgan fingerprint density at radius 1 is 1.00 bits per heavy atom. The molecular formula is C30H33NO7. The summed E-state index contributed by atoms with van der Waals surface area (Å²) in [6.45, 7) is 7.04. The third-order valence-corrected chi connectivity index (χ3v) is 7.35. The fourth-order valence-corrected chi connectivity index (χ4v) is 5.45. The lowest BCUT2D eigenvalue weighted by molar-refractivity contribution is -0.148. The van der Waals surface area contributed by atoms with Crippen molar-refractivity contribution in [3.63, 3.8) is 0 Å². The molecule has 5 rings (SSSR count). The van der Waals surface area contributed by atoms with E-state index in [9.17, 15) is 19.2 Å². The van der Waals surface area contributed by atoms with Crippen LogP contribution >= 0.6 is 0 Å². The van der Waals surface area contributed by atoms with E-state index in [0.29, 0.717) is 30.6 Å². The molecule has 2 unspecified atom stereocenters. The fourth-order valence-electron chi connectivity index (χ4n) is 5.45. The minimum Gasteiger partial charge on any atom is -0.488 e. The molecule has 0 spiro atoms. The number of fused-ring (bicyclic) bond motifs is 4. The van der Waals surface area contributed by atoms with Crippen molar-refractivity contribution in [3.8, 4) is 16.9 Å². The molecule has 8 heteroatoms. The fraction of sp³-hybridized carbons (Fsp3) is 0.467. The smallest absolute Gasteiger partial charge is 0.411 e. The van der Waals surface area contributed by atoms with Crippen LogP contribution < -0.4 is 4.74 Å². The number of benzene rings is 2. The molecule has 2 aromatic carbocycles. The lowest BCUT2D eigenvalue weighted by Crippen LogP contribution is -2.47. The largest absolute Gasteiger partial charge is 0.488 e. The Balaban J connectivity index is 1.27. The summed E-state index contributed by atoms with van der Waals surface area (Å²) >= 11 is 0. The van der Waals surface area contributed by atoms with E-state index in [1.807, 2.05) is 25.1 Å². The van der Waals surface area contributed by atoms with Gasteiger partial charge in [-0.05, 0) is 88.3 Å². The predicted octanol–water partition coefficient (Wildman–Crippen LogP) is 5.28. The zero-order valence-corrected chi connectivity index (χ0v) is 22.3. The number of amides is 1. The Kier molecular flexibility index (Phi) is 6.75. The number of ketones is 2. The molecule has 1 amide bonds. The number of Topliss-reactive ketones (excluding diaryl/α,β-unsaturated/α-hetero) is 2. The summed E-state index contributed by atoms with van der Waals surface area (Å²) in [5, 5.41) is 0. The lowest BCUT2D eigenvalue weighted by Gasteiger charge is -2.30. The Hall–Kier alpha value is -3.68. The summed E-state index contributed by atoms with van der Waals surface area (Å²) in [6.07, 6.45) is 2.82. The Morgan fingerprint density at radius 2 is 1.79 bits per heavy atom. The Bertz CT molecular complexity index is 1320. The first-order valence-corrected chi connectivity index (χ1v) is 13.2. The first-order valence-electron chi connectivity index (χ1n) is 13.2. The second-order valence-corrected chi connectivity index (χ2v) is 11.3. The molecule has 2 aliphatic heterocycles. The standard InChI is InChI=1S/C30H33NO7/c1-17-8-11-24(31(17)29(35)38-30(2,3)4)28(34)37-16-26(33)19-9-10-21-20(12-19)15-36-27-14-22-18(13-23(21)27)6-5-7-25(22)32/h9-10,12-14,17,24H,5-8,11,15-16H2,1-4H3. The summed E-state index contributed by atoms with van der Waals surface area (Å²) in [5.41, 5.74) is 4.26. The van der Waals surface area contributed by atoms with Crippen molar-refractivity contribution in [1.82, 2.24) is 4.90 Å². The van der Waals surface area contributed by atoms with Gasteiger partial charge in [0.1, 0.15) is 24.0 Å². The molecule has 0 N–H and O–H groups in total. The molecule has 3 aliphatic rings. The van der Waals surface area contributed by atoms with Crippen LogP contribution in [0.5, 0.6) is 5.75 Å². The van der Waals surface area contributed by atoms with Crippen LogP contribution in [0.25, 0.3) is 11.1 Å². The molecule has 1 aliphatic carbocycles. The number of esters is 1. The maximum atomic E-state index is 12.9. The maximum absolute atomic E-state index is 12.9. The van der Waals surface area contributed by atoms with Crippen LogP contribution in [0.1, 0.15) is 85.2 Å². The van der Waals surface area contributed by atoms with Gasteiger partial charge in [0.15, 0.2) is 18.2 Å². The topological polar surface area (TPSA) is 99.2 Å². The molecule has 2 atom stereocenters. The highest BCUT2D eigenvalue weighted by Gasteiger charge is 2.42. The molecule has 0 radical (unpaired) electrons. The normalized spacial score (nSPS) is 20.1. The summed E-state index contributed by atoms with van der Waals surface area (Å²) in [6, 6.07) is 8.30. The van der Waals surface area contributed by atoms with Crippen LogP contribution in [0, 0.1) is 0 Å². The number of likely N-dealkylation sites (tertiary alicyclic amines) is 1. The van der Waals surface area contributed by atoms with Gasteiger partial charge in [-0.3, -0.25) is 14.5 Å². The van der Waals surface area contributed by atoms with Crippen LogP contribution in [0.15, 0.2) is 30.3 Å². The van der Waals surface area contributed by atoms with Crippen LogP contribution in [-0.2, 0) is 27.3 Å². The number of carbonyl (C=O) groups is 4. The minimum atomic E-state index is -0.779. The molecule has 2 heterocycles. The molecule has 200 valence electrons. The Morgan fingerprint density at radius 3 is 2.55 bits per heavy atom. The SMILES string of the molecule is CC1CCC(C(=O)OCC(=O)c2ccc3c(c2)COc2cc4c(cc2-3)CCCC4=O)N1C(=O)OC(C)(C)C. The number of aryl methyl sites for hydroxylation is 1. The average molecular weight is 520 g/mol. The summed E-state index contributed by atoms with van der Waals surface area (Å²) < 4.78 is 16.8. The number of carbonyl (C=O) groups excluding carboxylic acids is 4. The molecule has 8 nitrogen and oxygen atoms in total. The van der Waals surface area contributed by atoms with Crippen molar-refractivity contribution < 1.29 is 33.4 Å². The first-order chi connectivity index (χ1) is 18.0. The average Bonchev–Trinajstić information content (AvgIpc) is 3.26. The van der Waals surface area contributed by atoms with Gasteiger partial charge in [0.25, 0.3) is 0 Å². The van der Waals surface area contributed by atoms with Gasteiger partial charge < -0.3 is 14.2 Å². The van der Waals surface area contributed by atoms with Gasteiger partial charge in [-0.2, -0.15) is 0 Å². The van der Waals surface area contributed by atoms with Gasteiger partial charge in [0, 0.05) is 29.2 Å². The predicted molar refractivity (Wildman–Crippen MR) is 139 cm³/mol. The molecule has 0 bridgehead atoms. The third-order valence-electron chi connectivity index (χ3n) is 7.35.